The zero-order chi connectivity index (χ0) is 13.6. The molecule has 4 heteroatoms. The molecule has 1 aliphatic rings. The highest BCUT2D eigenvalue weighted by atomic mass is 19.1. The number of aromatic nitrogens is 2. The van der Waals surface area contributed by atoms with Gasteiger partial charge in [0.25, 0.3) is 0 Å². The number of fused-ring (bicyclic) bond motifs is 1. The summed E-state index contributed by atoms with van der Waals surface area (Å²) in [7, 11) is 0. The first-order valence-electron chi connectivity index (χ1n) is 6.59. The molecule has 3 rings (SSSR count). The van der Waals surface area contributed by atoms with E-state index in [1.165, 1.54) is 11.1 Å². The lowest BCUT2D eigenvalue weighted by Gasteiger charge is -2.22. The third kappa shape index (κ3) is 2.16. The zero-order valence-electron chi connectivity index (χ0n) is 11.2. The fraction of sp³-hybridized carbons (Fsp3) is 0.400. The van der Waals surface area contributed by atoms with Crippen molar-refractivity contribution in [2.75, 3.05) is 0 Å². The van der Waals surface area contributed by atoms with Crippen LogP contribution >= 0.6 is 0 Å². The Balaban J connectivity index is 2.08. The quantitative estimate of drug-likeness (QED) is 0.855. The minimum Gasteiger partial charge on any atom is -0.330 e. The average Bonchev–Trinajstić information content (AvgIpc) is 2.76. The maximum Gasteiger partial charge on any atom is 0.126 e. The molecule has 2 unspecified atom stereocenters. The number of hydrogen-bond acceptors (Lipinski definition) is 2. The van der Waals surface area contributed by atoms with Crippen LogP contribution in [0.15, 0.2) is 24.4 Å². The van der Waals surface area contributed by atoms with Crippen LogP contribution < -0.4 is 5.73 Å². The number of alkyl halides is 1. The molecular weight excluding hydrogens is 241 g/mol. The molecule has 3 nitrogen and oxygen atoms in total. The number of halogens is 1. The first-order valence-corrected chi connectivity index (χ1v) is 6.59. The van der Waals surface area contributed by atoms with Crippen LogP contribution in [0.5, 0.6) is 0 Å². The van der Waals surface area contributed by atoms with Crippen LogP contribution in [-0.4, -0.2) is 15.7 Å². The van der Waals surface area contributed by atoms with E-state index in [9.17, 15) is 4.39 Å². The van der Waals surface area contributed by atoms with Crippen LogP contribution in [-0.2, 0) is 6.54 Å². The van der Waals surface area contributed by atoms with Gasteiger partial charge in [0.05, 0.1) is 18.3 Å². The summed E-state index contributed by atoms with van der Waals surface area (Å²) >= 11 is 0. The number of nitrogens with two attached hydrogens (primary N) is 1. The van der Waals surface area contributed by atoms with Gasteiger partial charge in [-0.15, -0.1) is 0 Å². The average molecular weight is 259 g/mol. The van der Waals surface area contributed by atoms with Gasteiger partial charge in [-0.05, 0) is 25.5 Å². The van der Waals surface area contributed by atoms with Crippen LogP contribution in [0.3, 0.4) is 0 Å². The number of benzene rings is 1. The monoisotopic (exact) mass is 259 g/mol. The second-order valence-corrected chi connectivity index (χ2v) is 5.39. The van der Waals surface area contributed by atoms with E-state index in [1.807, 2.05) is 10.8 Å². The summed E-state index contributed by atoms with van der Waals surface area (Å²) in [6.45, 7) is 4.48. The van der Waals surface area contributed by atoms with Gasteiger partial charge in [0.2, 0.25) is 0 Å². The SMILES string of the molecule is Cc1ccc(C)c(-c2cn3c(n2)C(N)CC(F)C3)c1. The van der Waals surface area contributed by atoms with Crippen LogP contribution in [0.4, 0.5) is 4.39 Å². The minimum atomic E-state index is -0.872. The standard InChI is InChI=1S/C15H18FN3/c1-9-3-4-10(2)12(5-9)14-8-19-7-11(16)6-13(17)15(19)18-14/h3-5,8,11,13H,6-7,17H2,1-2H3. The molecule has 0 fully saturated rings. The Kier molecular flexibility index (Phi) is 2.90. The molecule has 2 atom stereocenters. The van der Waals surface area contributed by atoms with Gasteiger partial charge in [-0.1, -0.05) is 17.7 Å². The van der Waals surface area contributed by atoms with Gasteiger partial charge in [-0.2, -0.15) is 0 Å². The lowest BCUT2D eigenvalue weighted by molar-refractivity contribution is 0.230. The molecule has 0 spiro atoms. The van der Waals surface area contributed by atoms with Gasteiger partial charge in [-0.3, -0.25) is 0 Å². The molecular formula is C15H18FN3. The van der Waals surface area contributed by atoms with Crippen LogP contribution in [0, 0.1) is 13.8 Å². The molecule has 1 aliphatic heterocycles. The fourth-order valence-corrected chi connectivity index (χ4v) is 2.68. The lowest BCUT2D eigenvalue weighted by Crippen LogP contribution is -2.29. The van der Waals surface area contributed by atoms with Gasteiger partial charge < -0.3 is 10.3 Å². The summed E-state index contributed by atoms with van der Waals surface area (Å²) in [6.07, 6.45) is 1.41. The largest absolute Gasteiger partial charge is 0.330 e. The second kappa shape index (κ2) is 4.46. The van der Waals surface area contributed by atoms with E-state index in [-0.39, 0.29) is 6.04 Å². The summed E-state index contributed by atoms with van der Waals surface area (Å²) in [5.41, 5.74) is 10.3. The normalized spacial score (nSPS) is 22.3. The molecule has 0 saturated heterocycles. The van der Waals surface area contributed by atoms with E-state index in [0.29, 0.717) is 13.0 Å². The van der Waals surface area contributed by atoms with Gasteiger partial charge in [-0.25, -0.2) is 9.37 Å². The van der Waals surface area contributed by atoms with Gasteiger partial charge in [0.15, 0.2) is 0 Å². The van der Waals surface area contributed by atoms with E-state index < -0.39 is 6.17 Å². The first kappa shape index (κ1) is 12.4. The van der Waals surface area contributed by atoms with Crippen LogP contribution in [0.25, 0.3) is 11.3 Å². The molecule has 2 aromatic rings. The van der Waals surface area contributed by atoms with Crippen molar-refractivity contribution in [2.45, 2.75) is 39.0 Å². The van der Waals surface area contributed by atoms with E-state index >= 15 is 0 Å². The molecule has 0 amide bonds. The first-order chi connectivity index (χ1) is 9.04. The summed E-state index contributed by atoms with van der Waals surface area (Å²) in [4.78, 5) is 4.61. The number of rotatable bonds is 1. The Labute approximate surface area is 112 Å². The number of hydrogen-bond donors (Lipinski definition) is 1. The molecule has 1 aromatic carbocycles. The highest BCUT2D eigenvalue weighted by molar-refractivity contribution is 5.64. The van der Waals surface area contributed by atoms with Gasteiger partial charge in [0.1, 0.15) is 12.0 Å². The fourth-order valence-electron chi connectivity index (χ4n) is 2.68. The molecule has 0 bridgehead atoms. The zero-order valence-corrected chi connectivity index (χ0v) is 11.2. The third-order valence-corrected chi connectivity index (χ3v) is 3.71. The molecule has 100 valence electrons. The van der Waals surface area contributed by atoms with E-state index in [4.69, 9.17) is 5.73 Å². The molecule has 0 saturated carbocycles. The van der Waals surface area contributed by atoms with Crippen molar-refractivity contribution in [1.29, 1.82) is 0 Å². The molecule has 0 radical (unpaired) electrons. The molecule has 19 heavy (non-hydrogen) atoms. The summed E-state index contributed by atoms with van der Waals surface area (Å²) in [5, 5.41) is 0. The molecule has 2 heterocycles. The number of nitrogens with zero attached hydrogens (tertiary/aromatic N) is 2. The number of imidazole rings is 1. The second-order valence-electron chi connectivity index (χ2n) is 5.39. The highest BCUT2D eigenvalue weighted by Crippen LogP contribution is 2.29. The van der Waals surface area contributed by atoms with Gasteiger partial charge >= 0.3 is 0 Å². The molecule has 1 aromatic heterocycles. The Morgan fingerprint density at radius 3 is 2.95 bits per heavy atom. The predicted octanol–water partition coefficient (Wildman–Crippen LogP) is 2.91. The Bertz CT molecular complexity index is 618. The van der Waals surface area contributed by atoms with Crippen molar-refractivity contribution in [3.8, 4) is 11.3 Å². The van der Waals surface area contributed by atoms with E-state index in [2.05, 4.69) is 37.0 Å². The Morgan fingerprint density at radius 2 is 2.16 bits per heavy atom. The maximum absolute atomic E-state index is 13.5. The maximum atomic E-state index is 13.5. The van der Waals surface area contributed by atoms with Gasteiger partial charge in [0, 0.05) is 18.2 Å². The highest BCUT2D eigenvalue weighted by Gasteiger charge is 2.26. The van der Waals surface area contributed by atoms with Crippen molar-refractivity contribution in [3.63, 3.8) is 0 Å². The van der Waals surface area contributed by atoms with Crippen molar-refractivity contribution in [3.05, 3.63) is 41.3 Å². The van der Waals surface area contributed by atoms with Crippen molar-refractivity contribution >= 4 is 0 Å². The molecule has 2 N–H and O–H groups in total. The smallest absolute Gasteiger partial charge is 0.126 e. The van der Waals surface area contributed by atoms with Crippen molar-refractivity contribution < 1.29 is 4.39 Å². The topological polar surface area (TPSA) is 43.8 Å². The van der Waals surface area contributed by atoms with Crippen LogP contribution in [0.1, 0.15) is 29.4 Å². The third-order valence-electron chi connectivity index (χ3n) is 3.71. The number of aryl methyl sites for hydroxylation is 2. The van der Waals surface area contributed by atoms with Crippen molar-refractivity contribution in [1.82, 2.24) is 9.55 Å². The summed E-state index contributed by atoms with van der Waals surface area (Å²) in [5.74, 6) is 0.796. The van der Waals surface area contributed by atoms with Crippen LogP contribution in [0.2, 0.25) is 0 Å². The van der Waals surface area contributed by atoms with E-state index in [1.54, 1.807) is 0 Å². The van der Waals surface area contributed by atoms with E-state index in [0.717, 1.165) is 17.1 Å². The molecule has 0 aliphatic carbocycles. The summed E-state index contributed by atoms with van der Waals surface area (Å²) in [6, 6.07) is 5.98. The van der Waals surface area contributed by atoms with Crippen molar-refractivity contribution in [2.24, 2.45) is 5.73 Å². The lowest BCUT2D eigenvalue weighted by atomic mass is 10.0. The predicted molar refractivity (Wildman–Crippen MR) is 73.6 cm³/mol. The Hall–Kier alpha value is -1.68. The minimum absolute atomic E-state index is 0.303. The Morgan fingerprint density at radius 1 is 1.37 bits per heavy atom. The summed E-state index contributed by atoms with van der Waals surface area (Å²) < 4.78 is 15.4.